The molecular formula is C3H3F3O. The van der Waals surface area contributed by atoms with Crippen LogP contribution in [0.3, 0.4) is 0 Å². The Labute approximate surface area is 38.1 Å². The van der Waals surface area contributed by atoms with Gasteiger partial charge < -0.3 is 4.74 Å². The second kappa shape index (κ2) is 1.12. The minimum absolute atomic E-state index is 0.454. The highest BCUT2D eigenvalue weighted by molar-refractivity contribution is 4.82. The van der Waals surface area contributed by atoms with Crippen LogP contribution >= 0.6 is 0 Å². The number of hydrogen-bond acceptors (Lipinski definition) is 1. The second-order valence-corrected chi connectivity index (χ2v) is 1.38. The first-order chi connectivity index (χ1) is 3.15. The molecule has 0 aromatic carbocycles. The zero-order chi connectivity index (χ0) is 5.49. The van der Waals surface area contributed by atoms with Crippen LogP contribution in [0.1, 0.15) is 0 Å². The van der Waals surface area contributed by atoms with Crippen LogP contribution in [0.15, 0.2) is 0 Å². The van der Waals surface area contributed by atoms with Crippen LogP contribution < -0.4 is 0 Å². The molecule has 1 aliphatic heterocycles. The van der Waals surface area contributed by atoms with Crippen LogP contribution in [0, 0.1) is 0 Å². The number of halogens is 3. The maximum absolute atomic E-state index is 11.7. The molecule has 0 saturated carbocycles. The molecule has 0 radical (unpaired) electrons. The molecule has 42 valence electrons. The predicted molar refractivity (Wildman–Crippen MR) is 15.8 cm³/mol. The Morgan fingerprint density at radius 2 is 2.00 bits per heavy atom. The molecule has 1 saturated heterocycles. The van der Waals surface area contributed by atoms with Crippen LogP contribution in [0.2, 0.25) is 0 Å². The third-order valence-corrected chi connectivity index (χ3v) is 0.746. The zero-order valence-electron chi connectivity index (χ0n) is 3.33. The molecule has 4 heteroatoms. The molecule has 0 aliphatic carbocycles. The topological polar surface area (TPSA) is 12.5 Å². The molecular weight excluding hydrogens is 109 g/mol. The molecule has 1 unspecified atom stereocenters. The lowest BCUT2D eigenvalue weighted by Crippen LogP contribution is -2.13. The average molecular weight is 112 g/mol. The van der Waals surface area contributed by atoms with E-state index >= 15 is 0 Å². The molecule has 0 spiro atoms. The van der Waals surface area contributed by atoms with E-state index in [0.717, 1.165) is 0 Å². The molecule has 1 fully saturated rings. The van der Waals surface area contributed by atoms with E-state index in [-0.39, 0.29) is 0 Å². The number of hydrogen-bond donors (Lipinski definition) is 0. The first kappa shape index (κ1) is 4.90. The summed E-state index contributed by atoms with van der Waals surface area (Å²) in [6.07, 6.45) is -2.98. The van der Waals surface area contributed by atoms with Crippen LogP contribution in [-0.2, 0) is 4.74 Å². The normalized spacial score (nSPS) is 39.4. The molecule has 0 aromatic rings. The molecule has 1 rings (SSSR count). The molecule has 1 nitrogen and oxygen atoms in total. The summed E-state index contributed by atoms with van der Waals surface area (Å²) in [5.74, 6) is -2.58. The fourth-order valence-corrected chi connectivity index (χ4v) is 0.195. The standard InChI is InChI=1S/C3H3F3O/c4-2(5)3(6)1-7-3/h2H,1H2. The first-order valence-electron chi connectivity index (χ1n) is 1.76. The van der Waals surface area contributed by atoms with E-state index in [1.807, 2.05) is 0 Å². The van der Waals surface area contributed by atoms with Gasteiger partial charge in [0.25, 0.3) is 12.3 Å². The molecule has 0 amide bonds. The van der Waals surface area contributed by atoms with E-state index < -0.39 is 18.9 Å². The van der Waals surface area contributed by atoms with Crippen LogP contribution in [0.5, 0.6) is 0 Å². The Hall–Kier alpha value is -0.250. The summed E-state index contributed by atoms with van der Waals surface area (Å²) in [7, 11) is 0. The highest BCUT2D eigenvalue weighted by Gasteiger charge is 2.54. The van der Waals surface area contributed by atoms with E-state index in [0.29, 0.717) is 0 Å². The summed E-state index contributed by atoms with van der Waals surface area (Å²) in [5.41, 5.74) is 0. The molecule has 1 aliphatic rings. The Morgan fingerprint density at radius 3 is 2.00 bits per heavy atom. The van der Waals surface area contributed by atoms with E-state index in [1.54, 1.807) is 0 Å². The minimum Gasteiger partial charge on any atom is -0.333 e. The SMILES string of the molecule is FC(F)C1(F)CO1. The van der Waals surface area contributed by atoms with Gasteiger partial charge in [0.2, 0.25) is 0 Å². The van der Waals surface area contributed by atoms with E-state index in [9.17, 15) is 13.2 Å². The van der Waals surface area contributed by atoms with Gasteiger partial charge in [-0.2, -0.15) is 0 Å². The van der Waals surface area contributed by atoms with Gasteiger partial charge in [0.15, 0.2) is 0 Å². The Morgan fingerprint density at radius 1 is 1.57 bits per heavy atom. The molecule has 7 heavy (non-hydrogen) atoms. The summed E-state index contributed by atoms with van der Waals surface area (Å²) < 4.78 is 37.6. The van der Waals surface area contributed by atoms with Crippen LogP contribution in [0.25, 0.3) is 0 Å². The van der Waals surface area contributed by atoms with Gasteiger partial charge in [-0.1, -0.05) is 0 Å². The Kier molecular flexibility index (Phi) is 0.786. The summed E-state index contributed by atoms with van der Waals surface area (Å²) in [6, 6.07) is 0. The number of alkyl halides is 3. The highest BCUT2D eigenvalue weighted by atomic mass is 19.3. The largest absolute Gasteiger partial charge is 0.333 e. The maximum atomic E-state index is 11.7. The molecule has 1 atom stereocenters. The molecule has 1 heterocycles. The third kappa shape index (κ3) is 0.700. The lowest BCUT2D eigenvalue weighted by atomic mass is 10.5. The lowest BCUT2D eigenvalue weighted by Gasteiger charge is -1.93. The maximum Gasteiger partial charge on any atom is 0.298 e. The second-order valence-electron chi connectivity index (χ2n) is 1.38. The van der Waals surface area contributed by atoms with Crippen molar-refractivity contribution in [2.45, 2.75) is 12.3 Å². The quantitative estimate of drug-likeness (QED) is 0.460. The van der Waals surface area contributed by atoms with E-state index in [4.69, 9.17) is 0 Å². The van der Waals surface area contributed by atoms with Gasteiger partial charge in [0, 0.05) is 0 Å². The van der Waals surface area contributed by atoms with Crippen molar-refractivity contribution in [2.24, 2.45) is 0 Å². The number of ether oxygens (including phenoxy) is 1. The van der Waals surface area contributed by atoms with Crippen molar-refractivity contribution in [3.05, 3.63) is 0 Å². The third-order valence-electron chi connectivity index (χ3n) is 0.746. The van der Waals surface area contributed by atoms with Crippen molar-refractivity contribution < 1.29 is 17.9 Å². The minimum atomic E-state index is -2.98. The van der Waals surface area contributed by atoms with Crippen LogP contribution in [-0.4, -0.2) is 18.9 Å². The molecule has 0 aromatic heterocycles. The zero-order valence-corrected chi connectivity index (χ0v) is 3.33. The summed E-state index contributed by atoms with van der Waals surface area (Å²) in [5, 5.41) is 0. The van der Waals surface area contributed by atoms with Gasteiger partial charge in [0.05, 0.1) is 0 Å². The number of rotatable bonds is 1. The Balaban J connectivity index is 2.39. The lowest BCUT2D eigenvalue weighted by molar-refractivity contribution is -0.0326. The van der Waals surface area contributed by atoms with Crippen molar-refractivity contribution >= 4 is 0 Å². The van der Waals surface area contributed by atoms with Gasteiger partial charge in [-0.25, -0.2) is 13.2 Å². The fraction of sp³-hybridized carbons (Fsp3) is 1.00. The highest BCUT2D eigenvalue weighted by Crippen LogP contribution is 2.34. The smallest absolute Gasteiger partial charge is 0.298 e. The van der Waals surface area contributed by atoms with Crippen molar-refractivity contribution in [2.75, 3.05) is 6.61 Å². The fourth-order valence-electron chi connectivity index (χ4n) is 0.195. The summed E-state index contributed by atoms with van der Waals surface area (Å²) in [4.78, 5) is 0. The van der Waals surface area contributed by atoms with Gasteiger partial charge in [-0.3, -0.25) is 0 Å². The van der Waals surface area contributed by atoms with Gasteiger partial charge >= 0.3 is 0 Å². The van der Waals surface area contributed by atoms with Crippen molar-refractivity contribution in [1.29, 1.82) is 0 Å². The molecule has 0 N–H and O–H groups in total. The van der Waals surface area contributed by atoms with Crippen molar-refractivity contribution in [3.63, 3.8) is 0 Å². The van der Waals surface area contributed by atoms with Gasteiger partial charge in [-0.05, 0) is 0 Å². The van der Waals surface area contributed by atoms with Crippen LogP contribution in [0.4, 0.5) is 13.2 Å². The van der Waals surface area contributed by atoms with Crippen molar-refractivity contribution in [3.8, 4) is 0 Å². The average Bonchev–Trinajstić information content (AvgIpc) is 2.21. The van der Waals surface area contributed by atoms with E-state index in [1.165, 1.54) is 0 Å². The monoisotopic (exact) mass is 112 g/mol. The first-order valence-corrected chi connectivity index (χ1v) is 1.76. The summed E-state index contributed by atoms with van der Waals surface area (Å²) in [6.45, 7) is -0.454. The predicted octanol–water partition coefficient (Wildman–Crippen LogP) is 0.948. The number of epoxide rings is 1. The van der Waals surface area contributed by atoms with Crippen molar-refractivity contribution in [1.82, 2.24) is 0 Å². The molecule has 0 bridgehead atoms. The summed E-state index contributed by atoms with van der Waals surface area (Å²) >= 11 is 0. The van der Waals surface area contributed by atoms with Gasteiger partial charge in [0.1, 0.15) is 6.61 Å². The Bertz CT molecular complexity index is 78.2. The van der Waals surface area contributed by atoms with E-state index in [2.05, 4.69) is 4.74 Å². The van der Waals surface area contributed by atoms with Gasteiger partial charge in [-0.15, -0.1) is 0 Å².